The summed E-state index contributed by atoms with van der Waals surface area (Å²) in [6.45, 7) is 10.0. The standard InChI is InChI=1S/C23H31N3O2.C22H29N3O2.C20H29FN4O3S/c1-13(2)28-22(27)18-12-25-21-17(5-6-24-21)20(18)26(4)19-15-7-14-8-16(19)11-23(3,9-14)10-15;1-4-27-21(26)17-12-24-20-16(5-6-23-20)19(17)25(3)18-14-7-13-8-15(18)11-22(2,9-13)10-14;1-22-29(3,27)13-14-4-6-15(7-5-14)25(2)18-16-8-10-23-19(16)24-12-17(18)20(26)28-11-9-21/h5-6,12-16,19H,7-11H2,1-4H3,(H,24,25);5-6,12-15,18H,4,7-11H2,1-3H3,(H,23,24);8,10,12,14-15H,3-7,9,11,13H2,1-2H3,(H,22,27)(H,23,24). The minimum Gasteiger partial charge on any atom is -0.462 e. The Hall–Kier alpha value is -6.21. The molecule has 6 heterocycles. The van der Waals surface area contributed by atoms with E-state index in [0.29, 0.717) is 63.5 Å². The molecule has 6 aromatic heterocycles. The second-order valence-electron chi connectivity index (χ2n) is 27.0. The summed E-state index contributed by atoms with van der Waals surface area (Å²) in [5, 5.41) is 2.86. The largest absolute Gasteiger partial charge is 0.462 e. The van der Waals surface area contributed by atoms with E-state index in [4.69, 9.17) is 14.2 Å². The van der Waals surface area contributed by atoms with Crippen LogP contribution in [0, 0.1) is 52.3 Å². The summed E-state index contributed by atoms with van der Waals surface area (Å²) in [5.41, 5.74) is 7.67. The molecule has 17 nitrogen and oxygen atoms in total. The fraction of sp³-hybridized carbons (Fsp3) is 0.615. The minimum absolute atomic E-state index is 0.145. The second kappa shape index (κ2) is 23.9. The molecule has 84 heavy (non-hydrogen) atoms. The topological polar surface area (TPSA) is 204 Å². The van der Waals surface area contributed by atoms with Crippen molar-refractivity contribution in [3.05, 3.63) is 72.1 Å². The van der Waals surface area contributed by atoms with Crippen LogP contribution in [0.25, 0.3) is 33.1 Å². The average Bonchev–Trinajstić information content (AvgIpc) is 0.982. The van der Waals surface area contributed by atoms with Crippen LogP contribution >= 0.6 is 0 Å². The van der Waals surface area contributed by atoms with Crippen molar-refractivity contribution in [3.8, 4) is 0 Å². The van der Waals surface area contributed by atoms with Crippen LogP contribution in [0.1, 0.15) is 156 Å². The Balaban J connectivity index is 0.000000132. The van der Waals surface area contributed by atoms with Crippen LogP contribution in [-0.2, 0) is 23.9 Å². The molecule has 9 fully saturated rings. The van der Waals surface area contributed by atoms with E-state index >= 15 is 0 Å². The summed E-state index contributed by atoms with van der Waals surface area (Å²) in [6, 6.07) is 7.19. The molecule has 0 aliphatic heterocycles. The van der Waals surface area contributed by atoms with Gasteiger partial charge in [0.1, 0.15) is 46.9 Å². The molecular weight excluding hydrogens is 1080 g/mol. The van der Waals surface area contributed by atoms with Crippen LogP contribution in [0.4, 0.5) is 21.5 Å². The van der Waals surface area contributed by atoms with Gasteiger partial charge in [-0.15, -0.1) is 0 Å². The van der Waals surface area contributed by atoms with Gasteiger partial charge in [0.05, 0.1) is 29.8 Å². The summed E-state index contributed by atoms with van der Waals surface area (Å²) in [4.78, 5) is 67.7. The lowest BCUT2D eigenvalue weighted by atomic mass is 9.48. The highest BCUT2D eigenvalue weighted by molar-refractivity contribution is 7.98. The van der Waals surface area contributed by atoms with Crippen LogP contribution in [0.2, 0.25) is 0 Å². The summed E-state index contributed by atoms with van der Waals surface area (Å²) >= 11 is 0. The normalized spacial score (nSPS) is 29.7. The Bertz CT molecular complexity index is 3450. The monoisotopic (exact) mass is 1170 g/mol. The molecule has 4 N–H and O–H groups in total. The van der Waals surface area contributed by atoms with Gasteiger partial charge in [-0.05, 0) is 194 Å². The lowest BCUT2D eigenvalue weighted by Gasteiger charge is -2.61. The molecule has 9 saturated carbocycles. The summed E-state index contributed by atoms with van der Waals surface area (Å²) in [7, 11) is 5.79. The number of aromatic nitrogens is 6. The zero-order valence-electron chi connectivity index (χ0n) is 50.8. The number of esters is 3. The van der Waals surface area contributed by atoms with Crippen molar-refractivity contribution in [2.24, 2.45) is 52.3 Å². The van der Waals surface area contributed by atoms with Crippen molar-refractivity contribution in [1.82, 2.24) is 34.6 Å². The Morgan fingerprint density at radius 3 is 1.45 bits per heavy atom. The summed E-state index contributed by atoms with van der Waals surface area (Å²) < 4.78 is 43.5. The molecule has 19 heteroatoms. The van der Waals surface area contributed by atoms with Crippen molar-refractivity contribution in [2.45, 2.75) is 149 Å². The molecule has 5 unspecified atom stereocenters. The van der Waals surface area contributed by atoms with E-state index in [2.05, 4.69) is 83.1 Å². The molecule has 9 aliphatic carbocycles. The summed E-state index contributed by atoms with van der Waals surface area (Å²) in [5.74, 6) is 8.33. The number of nitrogens with one attached hydrogen (secondary N) is 4. The third kappa shape index (κ3) is 11.8. The van der Waals surface area contributed by atoms with Gasteiger partial charge in [-0.3, -0.25) is 4.21 Å². The Kier molecular flexibility index (Phi) is 16.9. The van der Waals surface area contributed by atoms with Crippen molar-refractivity contribution >= 4 is 83.6 Å². The highest BCUT2D eigenvalue weighted by atomic mass is 32.2. The van der Waals surface area contributed by atoms with E-state index < -0.39 is 22.4 Å². The molecule has 0 radical (unpaired) electrons. The van der Waals surface area contributed by atoms with Gasteiger partial charge in [0.15, 0.2) is 0 Å². The van der Waals surface area contributed by atoms with Crippen LogP contribution in [0.3, 0.4) is 0 Å². The summed E-state index contributed by atoms with van der Waals surface area (Å²) in [6.07, 6.45) is 27.6. The molecule has 8 bridgehead atoms. The molecule has 0 aromatic carbocycles. The number of aromatic amines is 3. The van der Waals surface area contributed by atoms with Crippen LogP contribution in [0.15, 0.2) is 55.4 Å². The lowest BCUT2D eigenvalue weighted by molar-refractivity contribution is -0.0572. The van der Waals surface area contributed by atoms with Crippen LogP contribution < -0.4 is 19.4 Å². The Morgan fingerprint density at radius 1 is 0.667 bits per heavy atom. The minimum atomic E-state index is -2.22. The van der Waals surface area contributed by atoms with E-state index in [1.165, 1.54) is 70.4 Å². The number of halogens is 1. The maximum absolute atomic E-state index is 12.9. The Labute approximate surface area is 494 Å². The number of nitrogens with zero attached hydrogens (tertiary/aromatic N) is 6. The zero-order valence-corrected chi connectivity index (χ0v) is 51.6. The average molecular weight is 1170 g/mol. The number of alkyl halides is 1. The predicted octanol–water partition coefficient (Wildman–Crippen LogP) is 11.7. The van der Waals surface area contributed by atoms with E-state index in [1.54, 1.807) is 25.6 Å². The maximum atomic E-state index is 12.9. The third-order valence-electron chi connectivity index (χ3n) is 20.5. The number of anilines is 3. The van der Waals surface area contributed by atoms with Gasteiger partial charge in [-0.25, -0.2) is 38.4 Å². The molecular formula is C65H89FN10O7S. The number of fused-ring (bicyclic) bond motifs is 3. The fourth-order valence-electron chi connectivity index (χ4n) is 18.0. The van der Waals surface area contributed by atoms with Gasteiger partial charge in [-0.2, -0.15) is 0 Å². The van der Waals surface area contributed by atoms with Crippen LogP contribution in [-0.4, -0.2) is 136 Å². The first kappa shape index (κ1) is 59.5. The molecule has 5 atom stereocenters. The highest BCUT2D eigenvalue weighted by Crippen LogP contribution is 2.63. The molecule has 0 amide bonds. The zero-order chi connectivity index (χ0) is 59.4. The molecule has 6 aromatic rings. The van der Waals surface area contributed by atoms with Gasteiger partial charge in [0.2, 0.25) is 0 Å². The molecule has 454 valence electrons. The molecule has 9 aliphatic rings. The van der Waals surface area contributed by atoms with Gasteiger partial charge in [-0.1, -0.05) is 13.8 Å². The van der Waals surface area contributed by atoms with Gasteiger partial charge in [0, 0.05) is 108 Å². The van der Waals surface area contributed by atoms with Crippen molar-refractivity contribution in [3.63, 3.8) is 0 Å². The SMILES string of the molecule is C=S(=O)(CC1CCC(N(C)c2c(C(=O)OCCF)cnc3[nH]ccc23)CC1)NC.CC(C)OC(=O)c1cnc2[nH]ccc2c1N(C)C1C2CC3CC1CC(C)(C3)C2.CCOC(=O)c1cnc2[nH]ccc2c1N(C)C1C2CC3CC1CC(C)(C3)C2. The lowest BCUT2D eigenvalue weighted by Crippen LogP contribution is -2.58. The van der Waals surface area contributed by atoms with Crippen molar-refractivity contribution in [1.29, 1.82) is 0 Å². The van der Waals surface area contributed by atoms with E-state index in [9.17, 15) is 23.0 Å². The predicted molar refractivity (Wildman–Crippen MR) is 332 cm³/mol. The number of carbonyl (C=O) groups excluding carboxylic acids is 3. The number of H-pyrrole nitrogens is 3. The van der Waals surface area contributed by atoms with Crippen LogP contribution in [0.5, 0.6) is 0 Å². The van der Waals surface area contributed by atoms with Gasteiger partial charge in [0.25, 0.3) is 0 Å². The first-order chi connectivity index (χ1) is 40.2. The third-order valence-corrected chi connectivity index (χ3v) is 22.3. The van der Waals surface area contributed by atoms with E-state index in [-0.39, 0.29) is 30.7 Å². The number of ether oxygens (including phenoxy) is 3. The van der Waals surface area contributed by atoms with Gasteiger partial charge < -0.3 is 43.9 Å². The Morgan fingerprint density at radius 2 is 1.07 bits per heavy atom. The smallest absolute Gasteiger partial charge is 0.342 e. The maximum Gasteiger partial charge on any atom is 0.342 e. The second-order valence-corrected chi connectivity index (χ2v) is 29.4. The first-order valence-electron chi connectivity index (χ1n) is 30.9. The fourth-order valence-corrected chi connectivity index (χ4v) is 19.2. The van der Waals surface area contributed by atoms with E-state index in [1.807, 2.05) is 58.4 Å². The number of carbonyl (C=O) groups is 3. The number of hydrogen-bond acceptors (Lipinski definition) is 13. The molecule has 0 spiro atoms. The first-order valence-corrected chi connectivity index (χ1v) is 32.8. The quantitative estimate of drug-likeness (QED) is 0.0405. The number of pyridine rings is 3. The number of rotatable bonds is 16. The van der Waals surface area contributed by atoms with Crippen molar-refractivity contribution in [2.75, 3.05) is 68.5 Å². The molecule has 15 rings (SSSR count). The highest BCUT2D eigenvalue weighted by Gasteiger charge is 2.56. The molecule has 0 saturated heterocycles. The van der Waals surface area contributed by atoms with Crippen molar-refractivity contribution < 1.29 is 37.2 Å². The number of hydrogen-bond donors (Lipinski definition) is 4. The van der Waals surface area contributed by atoms with Gasteiger partial charge >= 0.3 is 17.9 Å². The van der Waals surface area contributed by atoms with E-state index in [0.717, 1.165) is 106 Å².